The molecule has 0 bridgehead atoms. The fraction of sp³-hybridized carbons (Fsp3) is 0.474. The van der Waals surface area contributed by atoms with Crippen molar-refractivity contribution in [2.45, 2.75) is 56.3 Å². The summed E-state index contributed by atoms with van der Waals surface area (Å²) >= 11 is 0. The van der Waals surface area contributed by atoms with Crippen molar-refractivity contribution in [2.24, 2.45) is 5.73 Å². The van der Waals surface area contributed by atoms with Gasteiger partial charge in [-0.3, -0.25) is 28.8 Å². The minimum Gasteiger partial charge on any atom is -0.481 e. The molecule has 17 nitrogen and oxygen atoms in total. The summed E-state index contributed by atoms with van der Waals surface area (Å²) < 4.78 is 0. The van der Waals surface area contributed by atoms with Gasteiger partial charge < -0.3 is 47.1 Å². The number of carbonyl (C=O) groups is 7. The van der Waals surface area contributed by atoms with Crippen LogP contribution in [0.2, 0.25) is 0 Å². The second-order valence-electron chi connectivity index (χ2n) is 7.54. The molecule has 198 valence electrons. The quantitative estimate of drug-likeness (QED) is 0.104. The molecular weight excluding hydrogens is 488 g/mol. The van der Waals surface area contributed by atoms with E-state index in [0.717, 1.165) is 0 Å². The number of amides is 3. The zero-order chi connectivity index (χ0) is 27.4. The van der Waals surface area contributed by atoms with Gasteiger partial charge in [-0.25, -0.2) is 9.78 Å². The van der Waals surface area contributed by atoms with Crippen molar-refractivity contribution in [1.29, 1.82) is 0 Å². The molecule has 1 heterocycles. The smallest absolute Gasteiger partial charge is 0.326 e. The number of aromatic amines is 1. The first-order chi connectivity index (χ1) is 16.8. The van der Waals surface area contributed by atoms with Crippen LogP contribution in [-0.4, -0.2) is 96.2 Å². The minimum absolute atomic E-state index is 0.0106. The molecule has 1 aromatic rings. The van der Waals surface area contributed by atoms with Crippen LogP contribution in [0.4, 0.5) is 0 Å². The van der Waals surface area contributed by atoms with E-state index in [0.29, 0.717) is 5.69 Å². The van der Waals surface area contributed by atoms with Gasteiger partial charge >= 0.3 is 23.9 Å². The van der Waals surface area contributed by atoms with E-state index in [1.807, 2.05) is 10.6 Å². The summed E-state index contributed by atoms with van der Waals surface area (Å²) in [6.45, 7) is 0. The highest BCUT2D eigenvalue weighted by molar-refractivity contribution is 5.96. The molecule has 4 unspecified atom stereocenters. The van der Waals surface area contributed by atoms with Gasteiger partial charge in [0.2, 0.25) is 17.7 Å². The molecule has 0 aromatic carbocycles. The lowest BCUT2D eigenvalue weighted by Gasteiger charge is -2.24. The number of carboxylic acids is 4. The molecule has 10 N–H and O–H groups in total. The molecular formula is C19H26N6O11. The third kappa shape index (κ3) is 10.6. The molecule has 0 aliphatic heterocycles. The molecule has 0 saturated heterocycles. The Morgan fingerprint density at radius 3 is 1.83 bits per heavy atom. The second-order valence-corrected chi connectivity index (χ2v) is 7.54. The van der Waals surface area contributed by atoms with Crippen LogP contribution in [-0.2, 0) is 40.0 Å². The van der Waals surface area contributed by atoms with Crippen LogP contribution in [0.25, 0.3) is 0 Å². The average Bonchev–Trinajstić information content (AvgIpc) is 3.27. The van der Waals surface area contributed by atoms with Crippen LogP contribution in [0.3, 0.4) is 0 Å². The molecule has 0 aliphatic rings. The van der Waals surface area contributed by atoms with Gasteiger partial charge in [0, 0.05) is 24.7 Å². The Balaban J connectivity index is 3.00. The van der Waals surface area contributed by atoms with Crippen LogP contribution in [0.5, 0.6) is 0 Å². The van der Waals surface area contributed by atoms with E-state index in [9.17, 15) is 33.6 Å². The van der Waals surface area contributed by atoms with Crippen molar-refractivity contribution in [1.82, 2.24) is 25.9 Å². The molecule has 1 rings (SSSR count). The molecule has 0 saturated carbocycles. The van der Waals surface area contributed by atoms with Crippen LogP contribution >= 0.6 is 0 Å². The predicted octanol–water partition coefficient (Wildman–Crippen LogP) is -3.37. The Morgan fingerprint density at radius 1 is 0.806 bits per heavy atom. The molecule has 3 amide bonds. The number of hydrogen-bond acceptors (Lipinski definition) is 9. The van der Waals surface area contributed by atoms with Gasteiger partial charge in [-0.1, -0.05) is 0 Å². The highest BCUT2D eigenvalue weighted by Gasteiger charge is 2.32. The van der Waals surface area contributed by atoms with Gasteiger partial charge in [0.15, 0.2) is 0 Å². The molecule has 0 radical (unpaired) electrons. The maximum atomic E-state index is 12.8. The van der Waals surface area contributed by atoms with Gasteiger partial charge in [0.25, 0.3) is 0 Å². The number of nitrogens with zero attached hydrogens (tertiary/aromatic N) is 1. The fourth-order valence-corrected chi connectivity index (χ4v) is 2.84. The van der Waals surface area contributed by atoms with E-state index < -0.39 is 91.4 Å². The highest BCUT2D eigenvalue weighted by atomic mass is 16.4. The van der Waals surface area contributed by atoms with E-state index in [2.05, 4.69) is 15.3 Å². The molecule has 1 aromatic heterocycles. The monoisotopic (exact) mass is 514 g/mol. The summed E-state index contributed by atoms with van der Waals surface area (Å²) in [5, 5.41) is 42.0. The van der Waals surface area contributed by atoms with Crippen molar-refractivity contribution in [3.05, 3.63) is 18.2 Å². The Hall–Kier alpha value is -4.54. The summed E-state index contributed by atoms with van der Waals surface area (Å²) in [5.74, 6) is -9.51. The van der Waals surface area contributed by atoms with Gasteiger partial charge in [-0.05, 0) is 6.42 Å². The zero-order valence-corrected chi connectivity index (χ0v) is 18.7. The number of rotatable bonds is 16. The maximum absolute atomic E-state index is 12.8. The van der Waals surface area contributed by atoms with Crippen LogP contribution in [0, 0.1) is 0 Å². The number of H-pyrrole nitrogens is 1. The average molecular weight is 514 g/mol. The first-order valence-corrected chi connectivity index (χ1v) is 10.3. The van der Waals surface area contributed by atoms with Crippen molar-refractivity contribution < 1.29 is 54.0 Å². The summed E-state index contributed by atoms with van der Waals surface area (Å²) in [6, 6.07) is -6.55. The first-order valence-electron chi connectivity index (χ1n) is 10.3. The topological polar surface area (TPSA) is 291 Å². The minimum atomic E-state index is -1.92. The van der Waals surface area contributed by atoms with Gasteiger partial charge in [0.1, 0.15) is 18.1 Å². The van der Waals surface area contributed by atoms with Gasteiger partial charge in [-0.15, -0.1) is 0 Å². The predicted molar refractivity (Wildman–Crippen MR) is 115 cm³/mol. The summed E-state index contributed by atoms with van der Waals surface area (Å²) in [6.07, 6.45) is -0.362. The van der Waals surface area contributed by atoms with Gasteiger partial charge in [0.05, 0.1) is 25.2 Å². The standard InChI is InChI=1S/C19H26N6O11/c20-9(3-8-6-21-7-22-8)16(32)23-10(1-2-13(26)27)17(33)24-11(4-14(28)29)18(34)25-12(19(35)36)5-15(30)31/h6-7,9-12H,1-5,20H2,(H,21,22)(H,23,32)(H,24,33)(H,25,34)(H,26,27)(H,28,29)(H,30,31)(H,35,36). The van der Waals surface area contributed by atoms with E-state index >= 15 is 0 Å². The number of imidazole rings is 1. The third-order valence-corrected chi connectivity index (χ3v) is 4.62. The normalized spacial score (nSPS) is 13.9. The van der Waals surface area contributed by atoms with E-state index in [1.54, 1.807) is 0 Å². The van der Waals surface area contributed by atoms with Crippen molar-refractivity contribution in [2.75, 3.05) is 0 Å². The molecule has 36 heavy (non-hydrogen) atoms. The summed E-state index contributed by atoms with van der Waals surface area (Å²) in [4.78, 5) is 88.3. The lowest BCUT2D eigenvalue weighted by atomic mass is 10.1. The number of hydrogen-bond donors (Lipinski definition) is 9. The van der Waals surface area contributed by atoms with E-state index in [-0.39, 0.29) is 6.42 Å². The summed E-state index contributed by atoms with van der Waals surface area (Å²) in [7, 11) is 0. The zero-order valence-electron chi connectivity index (χ0n) is 18.7. The molecule has 0 aliphatic carbocycles. The lowest BCUT2D eigenvalue weighted by molar-refractivity contribution is -0.148. The largest absolute Gasteiger partial charge is 0.481 e. The number of nitrogens with two attached hydrogens (primary N) is 1. The second kappa shape index (κ2) is 14.0. The number of aliphatic carboxylic acids is 4. The fourth-order valence-electron chi connectivity index (χ4n) is 2.84. The molecule has 0 fully saturated rings. The van der Waals surface area contributed by atoms with Crippen LogP contribution in [0.1, 0.15) is 31.4 Å². The number of carboxylic acid groups (broad SMARTS) is 4. The highest BCUT2D eigenvalue weighted by Crippen LogP contribution is 2.04. The number of aromatic nitrogens is 2. The first kappa shape index (κ1) is 29.5. The lowest BCUT2D eigenvalue weighted by Crippen LogP contribution is -2.57. The molecule has 4 atom stereocenters. The van der Waals surface area contributed by atoms with Crippen molar-refractivity contribution in [3.8, 4) is 0 Å². The Morgan fingerprint density at radius 2 is 1.33 bits per heavy atom. The van der Waals surface area contributed by atoms with Crippen LogP contribution in [0.15, 0.2) is 12.5 Å². The molecule has 17 heteroatoms. The Labute approximate surface area is 202 Å². The Bertz CT molecular complexity index is 981. The third-order valence-electron chi connectivity index (χ3n) is 4.62. The van der Waals surface area contributed by atoms with Crippen molar-refractivity contribution in [3.63, 3.8) is 0 Å². The number of nitrogens with one attached hydrogen (secondary N) is 4. The van der Waals surface area contributed by atoms with E-state index in [1.165, 1.54) is 12.5 Å². The summed E-state index contributed by atoms with van der Waals surface area (Å²) in [5.41, 5.74) is 6.29. The SMILES string of the molecule is NC(Cc1cnc[nH]1)C(=O)NC(CCC(=O)O)C(=O)NC(CC(=O)O)C(=O)NC(CC(=O)O)C(=O)O. The molecule has 0 spiro atoms. The number of carbonyl (C=O) groups excluding carboxylic acids is 3. The van der Waals surface area contributed by atoms with E-state index in [4.69, 9.17) is 26.2 Å². The Kier molecular flexibility index (Phi) is 11.5. The van der Waals surface area contributed by atoms with Gasteiger partial charge in [-0.2, -0.15) is 0 Å². The van der Waals surface area contributed by atoms with Crippen LogP contribution < -0.4 is 21.7 Å². The van der Waals surface area contributed by atoms with Crippen molar-refractivity contribution >= 4 is 41.6 Å². The maximum Gasteiger partial charge on any atom is 0.326 e.